The number of likely N-dealkylation sites (tertiary alicyclic amines) is 1. The molecule has 5 rings (SSSR count). The number of anilines is 1. The van der Waals surface area contributed by atoms with Crippen LogP contribution in [0.2, 0.25) is 0 Å². The smallest absolute Gasteiger partial charge is 0.415 e. The molecule has 7 nitrogen and oxygen atoms in total. The second-order valence-electron chi connectivity index (χ2n) is 8.77. The Hall–Kier alpha value is -3.06. The molecule has 0 aromatic heterocycles. The molecule has 168 valence electrons. The third-order valence-corrected chi connectivity index (χ3v) is 6.78. The summed E-state index contributed by atoms with van der Waals surface area (Å²) in [7, 11) is 0. The number of ether oxygens (including phenoxy) is 2. The van der Waals surface area contributed by atoms with Crippen LogP contribution in [-0.4, -0.2) is 49.4 Å². The van der Waals surface area contributed by atoms with E-state index in [1.165, 1.54) is 0 Å². The van der Waals surface area contributed by atoms with Crippen LogP contribution in [0.5, 0.6) is 0 Å². The molecule has 1 N–H and O–H groups in total. The Morgan fingerprint density at radius 2 is 1.69 bits per heavy atom. The van der Waals surface area contributed by atoms with Crippen molar-refractivity contribution in [2.24, 2.45) is 0 Å². The van der Waals surface area contributed by atoms with E-state index in [9.17, 15) is 9.59 Å². The molecule has 0 saturated carbocycles. The largest absolute Gasteiger partial charge is 0.437 e. The molecule has 3 heterocycles. The highest BCUT2D eigenvalue weighted by Gasteiger charge is 2.47. The van der Waals surface area contributed by atoms with Crippen molar-refractivity contribution in [3.8, 4) is 0 Å². The van der Waals surface area contributed by atoms with E-state index in [1.54, 1.807) is 4.90 Å². The van der Waals surface area contributed by atoms with E-state index in [4.69, 9.17) is 9.47 Å². The minimum atomic E-state index is -0.684. The number of para-hydroxylation sites is 1. The van der Waals surface area contributed by atoms with E-state index < -0.39 is 5.60 Å². The van der Waals surface area contributed by atoms with Gasteiger partial charge in [0.1, 0.15) is 5.60 Å². The van der Waals surface area contributed by atoms with Crippen molar-refractivity contribution in [3.05, 3.63) is 65.7 Å². The highest BCUT2D eigenvalue weighted by Crippen LogP contribution is 2.45. The van der Waals surface area contributed by atoms with Crippen molar-refractivity contribution >= 4 is 17.8 Å². The summed E-state index contributed by atoms with van der Waals surface area (Å²) in [6.45, 7) is 2.96. The minimum Gasteiger partial charge on any atom is -0.437 e. The fraction of sp³-hybridized carbons (Fsp3) is 0.440. The number of benzene rings is 2. The van der Waals surface area contributed by atoms with Gasteiger partial charge < -0.3 is 19.7 Å². The number of nitrogens with one attached hydrogen (secondary N) is 1. The fourth-order valence-electron chi connectivity index (χ4n) is 4.94. The van der Waals surface area contributed by atoms with Crippen LogP contribution in [0.3, 0.4) is 0 Å². The predicted molar refractivity (Wildman–Crippen MR) is 120 cm³/mol. The number of amides is 3. The van der Waals surface area contributed by atoms with E-state index in [1.807, 2.05) is 53.4 Å². The van der Waals surface area contributed by atoms with Gasteiger partial charge in [-0.05, 0) is 24.5 Å². The van der Waals surface area contributed by atoms with Gasteiger partial charge in [0.25, 0.3) is 0 Å². The number of hydrogen-bond donors (Lipinski definition) is 1. The Balaban J connectivity index is 1.31. The molecule has 0 atom stereocenters. The van der Waals surface area contributed by atoms with Crippen molar-refractivity contribution in [1.29, 1.82) is 0 Å². The lowest BCUT2D eigenvalue weighted by molar-refractivity contribution is -0.0353. The van der Waals surface area contributed by atoms with Crippen LogP contribution in [0.25, 0.3) is 0 Å². The number of piperidine rings is 1. The van der Waals surface area contributed by atoms with E-state index in [0.29, 0.717) is 45.7 Å². The fourth-order valence-corrected chi connectivity index (χ4v) is 4.94. The number of urea groups is 1. The second kappa shape index (κ2) is 8.82. The zero-order valence-electron chi connectivity index (χ0n) is 18.2. The summed E-state index contributed by atoms with van der Waals surface area (Å²) in [4.78, 5) is 29.4. The zero-order chi connectivity index (χ0) is 22.0. The van der Waals surface area contributed by atoms with Crippen LogP contribution in [0.4, 0.5) is 15.3 Å². The van der Waals surface area contributed by atoms with Gasteiger partial charge in [0.2, 0.25) is 0 Å². The lowest BCUT2D eigenvalue weighted by atomic mass is 9.82. The summed E-state index contributed by atoms with van der Waals surface area (Å²) >= 11 is 0. The van der Waals surface area contributed by atoms with E-state index >= 15 is 0 Å². The first-order chi connectivity index (χ1) is 15.6. The number of carbonyl (C=O) groups is 2. The van der Waals surface area contributed by atoms with E-state index in [0.717, 1.165) is 29.7 Å². The molecule has 2 aromatic rings. The second-order valence-corrected chi connectivity index (χ2v) is 8.77. The quantitative estimate of drug-likeness (QED) is 0.791. The first kappa shape index (κ1) is 20.8. The Morgan fingerprint density at radius 1 is 1.00 bits per heavy atom. The Kier molecular flexibility index (Phi) is 5.74. The van der Waals surface area contributed by atoms with Gasteiger partial charge in [-0.25, -0.2) is 9.59 Å². The SMILES string of the molecule is O=C(NC1CCOCC1)N1CCC2(CC1)OC(=O)N(Cc1ccccc1)c1ccccc12. The van der Waals surface area contributed by atoms with Crippen molar-refractivity contribution in [2.45, 2.75) is 43.9 Å². The van der Waals surface area contributed by atoms with Gasteiger partial charge in [-0.15, -0.1) is 0 Å². The molecule has 7 heteroatoms. The lowest BCUT2D eigenvalue weighted by Crippen LogP contribution is -2.55. The third-order valence-electron chi connectivity index (χ3n) is 6.78. The standard InChI is InChI=1S/C25H29N3O4/c29-23(26-20-10-16-31-17-11-20)27-14-12-25(13-15-27)21-8-4-5-9-22(21)28(24(30)32-25)18-19-6-2-1-3-7-19/h1-9,20H,10-18H2,(H,26,29). The monoisotopic (exact) mass is 435 g/mol. The van der Waals surface area contributed by atoms with Crippen LogP contribution in [-0.2, 0) is 21.6 Å². The summed E-state index contributed by atoms with van der Waals surface area (Å²) in [5.74, 6) is 0. The molecular formula is C25H29N3O4. The highest BCUT2D eigenvalue weighted by molar-refractivity contribution is 5.91. The van der Waals surface area contributed by atoms with E-state index in [2.05, 4.69) is 11.4 Å². The first-order valence-electron chi connectivity index (χ1n) is 11.4. The van der Waals surface area contributed by atoms with Crippen molar-refractivity contribution < 1.29 is 19.1 Å². The molecule has 3 amide bonds. The summed E-state index contributed by atoms with van der Waals surface area (Å²) in [6.07, 6.45) is 2.57. The number of hydrogen-bond acceptors (Lipinski definition) is 4. The molecule has 0 radical (unpaired) electrons. The molecule has 0 unspecified atom stereocenters. The topological polar surface area (TPSA) is 71.1 Å². The maximum absolute atomic E-state index is 13.1. The number of fused-ring (bicyclic) bond motifs is 2. The molecule has 2 fully saturated rings. The lowest BCUT2D eigenvalue weighted by Gasteiger charge is -2.46. The van der Waals surface area contributed by atoms with Crippen molar-refractivity contribution in [3.63, 3.8) is 0 Å². The van der Waals surface area contributed by atoms with Gasteiger partial charge in [0, 0.05) is 50.8 Å². The Bertz CT molecular complexity index is 966. The molecule has 3 aliphatic heterocycles. The summed E-state index contributed by atoms with van der Waals surface area (Å²) in [6, 6.07) is 18.1. The summed E-state index contributed by atoms with van der Waals surface area (Å²) in [5, 5.41) is 3.13. The van der Waals surface area contributed by atoms with Gasteiger partial charge in [-0.1, -0.05) is 48.5 Å². The Morgan fingerprint density at radius 3 is 2.44 bits per heavy atom. The van der Waals surface area contributed by atoms with Crippen molar-refractivity contribution in [2.75, 3.05) is 31.2 Å². The minimum absolute atomic E-state index is 0.0344. The number of rotatable bonds is 3. The van der Waals surface area contributed by atoms with Crippen molar-refractivity contribution in [1.82, 2.24) is 10.2 Å². The first-order valence-corrected chi connectivity index (χ1v) is 11.4. The molecule has 2 aromatic carbocycles. The normalized spacial score (nSPS) is 20.6. The van der Waals surface area contributed by atoms with E-state index in [-0.39, 0.29) is 18.2 Å². The van der Waals surface area contributed by atoms with Gasteiger partial charge in [0.15, 0.2) is 0 Å². The zero-order valence-corrected chi connectivity index (χ0v) is 18.2. The van der Waals surface area contributed by atoms with Gasteiger partial charge >= 0.3 is 12.1 Å². The summed E-state index contributed by atoms with van der Waals surface area (Å²) < 4.78 is 11.5. The maximum Gasteiger partial charge on any atom is 0.415 e. The third kappa shape index (κ3) is 4.05. The van der Waals surface area contributed by atoms with Crippen LogP contribution in [0.15, 0.2) is 54.6 Å². The number of carbonyl (C=O) groups excluding carboxylic acids is 2. The van der Waals surface area contributed by atoms with Gasteiger partial charge in [-0.2, -0.15) is 0 Å². The highest BCUT2D eigenvalue weighted by atomic mass is 16.6. The summed E-state index contributed by atoms with van der Waals surface area (Å²) in [5.41, 5.74) is 2.29. The van der Waals surface area contributed by atoms with Crippen LogP contribution in [0, 0.1) is 0 Å². The van der Waals surface area contributed by atoms with Gasteiger partial charge in [0.05, 0.1) is 12.2 Å². The Labute approximate surface area is 188 Å². The van der Waals surface area contributed by atoms with Crippen LogP contribution >= 0.6 is 0 Å². The number of nitrogens with zero attached hydrogens (tertiary/aromatic N) is 2. The maximum atomic E-state index is 13.1. The van der Waals surface area contributed by atoms with Crippen LogP contribution in [0.1, 0.15) is 36.8 Å². The molecule has 2 saturated heterocycles. The molecule has 0 bridgehead atoms. The average Bonchev–Trinajstić information content (AvgIpc) is 2.83. The molecule has 1 spiro atoms. The molecule has 3 aliphatic rings. The predicted octanol–water partition coefficient (Wildman–Crippen LogP) is 4.02. The molecule has 32 heavy (non-hydrogen) atoms. The van der Waals surface area contributed by atoms with Gasteiger partial charge in [-0.3, -0.25) is 4.90 Å². The molecular weight excluding hydrogens is 406 g/mol. The molecule has 0 aliphatic carbocycles. The van der Waals surface area contributed by atoms with Crippen LogP contribution < -0.4 is 10.2 Å². The average molecular weight is 436 g/mol.